The van der Waals surface area contributed by atoms with E-state index >= 15 is 0 Å². The van der Waals surface area contributed by atoms with Gasteiger partial charge < -0.3 is 5.11 Å². The van der Waals surface area contributed by atoms with Crippen LogP contribution in [0.1, 0.15) is 52.4 Å². The molecular weight excluding hydrogens is 143 g/mol. The Morgan fingerprint density at radius 2 is 1.67 bits per heavy atom. The molecule has 12 heavy (non-hydrogen) atoms. The van der Waals surface area contributed by atoms with Gasteiger partial charge in [-0.15, -0.1) is 5.60 Å². The van der Waals surface area contributed by atoms with Gasteiger partial charge in [0.15, 0.2) is 0 Å². The molecule has 0 saturated heterocycles. The van der Waals surface area contributed by atoms with Crippen molar-refractivity contribution in [2.24, 2.45) is 5.92 Å². The smallest absolute Gasteiger partial charge is 0.849 e. The second-order valence-corrected chi connectivity index (χ2v) is 4.34. The molecule has 0 amide bonds. The van der Waals surface area contributed by atoms with Gasteiger partial charge in [-0.1, -0.05) is 52.4 Å². The quantitative estimate of drug-likeness (QED) is 0.483. The summed E-state index contributed by atoms with van der Waals surface area (Å²) >= 11 is 0. The number of hydrogen-bond donors (Lipinski definition) is 0. The molecule has 2 heteroatoms. The summed E-state index contributed by atoms with van der Waals surface area (Å²) in [5, 5.41) is 11.9. The first-order valence-corrected chi connectivity index (χ1v) is 4.83. The summed E-state index contributed by atoms with van der Waals surface area (Å²) in [4.78, 5) is 0. The monoisotopic (exact) mass is 162 g/mol. The van der Waals surface area contributed by atoms with Crippen LogP contribution in [0.25, 0.3) is 0 Å². The molecule has 0 aromatic rings. The van der Waals surface area contributed by atoms with Crippen molar-refractivity contribution in [1.29, 1.82) is 0 Å². The van der Waals surface area contributed by atoms with Crippen LogP contribution in [0.15, 0.2) is 0 Å². The van der Waals surface area contributed by atoms with Crippen LogP contribution >= 0.6 is 0 Å². The zero-order valence-electron chi connectivity index (χ0n) is 8.73. The van der Waals surface area contributed by atoms with Gasteiger partial charge in [0.2, 0.25) is 0 Å². The van der Waals surface area contributed by atoms with Crippen LogP contribution < -0.4 is 24.0 Å². The van der Waals surface area contributed by atoms with Crippen LogP contribution in [0.3, 0.4) is 0 Å². The maximum Gasteiger partial charge on any atom is 1.00 e. The van der Waals surface area contributed by atoms with Crippen molar-refractivity contribution in [2.75, 3.05) is 0 Å². The second kappa shape index (κ2) is 5.32. The standard InChI is InChI=1S/C10H19O.Li/c1-9(2)8-10(11)6-4-3-5-7-10;/h9H,3-8H2,1-2H3;/q-1;+1. The Labute approximate surface area is 88.1 Å². The predicted octanol–water partition coefficient (Wildman–Crippen LogP) is -0.900. The van der Waals surface area contributed by atoms with E-state index in [9.17, 15) is 5.11 Å². The van der Waals surface area contributed by atoms with Crippen LogP contribution in [0.5, 0.6) is 0 Å². The fraction of sp³-hybridized carbons (Fsp3) is 1.00. The van der Waals surface area contributed by atoms with E-state index in [1.807, 2.05) is 0 Å². The molecule has 0 aromatic carbocycles. The van der Waals surface area contributed by atoms with Crippen molar-refractivity contribution >= 4 is 0 Å². The average molecular weight is 162 g/mol. The van der Waals surface area contributed by atoms with Crippen molar-refractivity contribution in [2.45, 2.75) is 58.0 Å². The fourth-order valence-corrected chi connectivity index (χ4v) is 2.14. The minimum Gasteiger partial charge on any atom is -0.849 e. The van der Waals surface area contributed by atoms with Crippen LogP contribution in [-0.2, 0) is 0 Å². The molecule has 1 aliphatic carbocycles. The normalized spacial score (nSPS) is 22.0. The third-order valence-corrected chi connectivity index (χ3v) is 2.55. The van der Waals surface area contributed by atoms with Crippen molar-refractivity contribution in [1.82, 2.24) is 0 Å². The van der Waals surface area contributed by atoms with E-state index in [-0.39, 0.29) is 18.9 Å². The second-order valence-electron chi connectivity index (χ2n) is 4.34. The van der Waals surface area contributed by atoms with Gasteiger partial charge in [-0.05, 0) is 5.92 Å². The van der Waals surface area contributed by atoms with E-state index in [0.717, 1.165) is 32.1 Å². The molecule has 0 atom stereocenters. The summed E-state index contributed by atoms with van der Waals surface area (Å²) in [5.74, 6) is 0.575. The first kappa shape index (κ1) is 12.6. The molecule has 0 spiro atoms. The first-order chi connectivity index (χ1) is 5.12. The van der Waals surface area contributed by atoms with Gasteiger partial charge in [0, 0.05) is 0 Å². The topological polar surface area (TPSA) is 23.1 Å². The molecule has 1 nitrogen and oxygen atoms in total. The first-order valence-electron chi connectivity index (χ1n) is 4.83. The summed E-state index contributed by atoms with van der Waals surface area (Å²) in [7, 11) is 0. The van der Waals surface area contributed by atoms with E-state index < -0.39 is 5.60 Å². The molecule has 0 aromatic heterocycles. The Kier molecular flexibility index (Phi) is 5.57. The Bertz CT molecular complexity index is 117. The maximum atomic E-state index is 11.9. The summed E-state index contributed by atoms with van der Waals surface area (Å²) in [6.07, 6.45) is 6.33. The van der Waals surface area contributed by atoms with Gasteiger partial charge in [0.1, 0.15) is 0 Å². The molecule has 0 N–H and O–H groups in total. The van der Waals surface area contributed by atoms with Gasteiger partial charge in [-0.25, -0.2) is 0 Å². The molecule has 1 saturated carbocycles. The van der Waals surface area contributed by atoms with Crippen molar-refractivity contribution in [3.05, 3.63) is 0 Å². The average Bonchev–Trinajstić information content (AvgIpc) is 1.85. The van der Waals surface area contributed by atoms with Crippen LogP contribution in [-0.4, -0.2) is 5.60 Å². The minimum atomic E-state index is -0.549. The van der Waals surface area contributed by atoms with Crippen molar-refractivity contribution in [3.63, 3.8) is 0 Å². The molecule has 0 radical (unpaired) electrons. The molecule has 1 rings (SSSR count). The molecular formula is C10H19LiO. The fourth-order valence-electron chi connectivity index (χ4n) is 2.14. The molecule has 0 aliphatic heterocycles. The van der Waals surface area contributed by atoms with Crippen molar-refractivity contribution < 1.29 is 24.0 Å². The van der Waals surface area contributed by atoms with E-state index in [4.69, 9.17) is 0 Å². The predicted molar refractivity (Wildman–Crippen MR) is 45.3 cm³/mol. The van der Waals surface area contributed by atoms with Gasteiger partial charge in [-0.2, -0.15) is 0 Å². The van der Waals surface area contributed by atoms with Crippen LogP contribution in [0.2, 0.25) is 0 Å². The molecule has 0 bridgehead atoms. The number of rotatable bonds is 2. The van der Waals surface area contributed by atoms with E-state index in [1.54, 1.807) is 0 Å². The van der Waals surface area contributed by atoms with E-state index in [2.05, 4.69) is 13.8 Å². The zero-order chi connectivity index (χ0) is 8.32. The van der Waals surface area contributed by atoms with Crippen LogP contribution in [0, 0.1) is 5.92 Å². The third-order valence-electron chi connectivity index (χ3n) is 2.55. The summed E-state index contributed by atoms with van der Waals surface area (Å²) < 4.78 is 0. The summed E-state index contributed by atoms with van der Waals surface area (Å²) in [6.45, 7) is 4.29. The van der Waals surface area contributed by atoms with Gasteiger partial charge in [-0.3, -0.25) is 0 Å². The molecule has 1 fully saturated rings. The SMILES string of the molecule is CC(C)CC1([O-])CCCCC1.[Li+]. The van der Waals surface area contributed by atoms with Gasteiger partial charge >= 0.3 is 18.9 Å². The maximum absolute atomic E-state index is 11.9. The molecule has 1 aliphatic rings. The zero-order valence-corrected chi connectivity index (χ0v) is 8.73. The van der Waals surface area contributed by atoms with E-state index in [0.29, 0.717) is 5.92 Å². The van der Waals surface area contributed by atoms with Crippen LogP contribution in [0.4, 0.5) is 0 Å². The Balaban J connectivity index is 0.00000121. The Morgan fingerprint density at radius 1 is 1.17 bits per heavy atom. The number of hydrogen-bond acceptors (Lipinski definition) is 1. The van der Waals surface area contributed by atoms with Gasteiger partial charge in [0.05, 0.1) is 0 Å². The molecule has 0 unspecified atom stereocenters. The third kappa shape index (κ3) is 3.98. The Morgan fingerprint density at radius 3 is 2.08 bits per heavy atom. The molecule has 0 heterocycles. The summed E-state index contributed by atoms with van der Waals surface area (Å²) in [6, 6.07) is 0. The minimum absolute atomic E-state index is 0. The summed E-state index contributed by atoms with van der Waals surface area (Å²) in [5.41, 5.74) is -0.549. The van der Waals surface area contributed by atoms with E-state index in [1.165, 1.54) is 6.42 Å². The van der Waals surface area contributed by atoms with Crippen molar-refractivity contribution in [3.8, 4) is 0 Å². The Hall–Kier alpha value is 0.557. The largest absolute Gasteiger partial charge is 1.00 e. The van der Waals surface area contributed by atoms with Gasteiger partial charge in [0.25, 0.3) is 0 Å². The molecule has 66 valence electrons.